The summed E-state index contributed by atoms with van der Waals surface area (Å²) in [5.74, 6) is -2.73. The number of nitrogens with zero attached hydrogens (tertiary/aromatic N) is 3. The Morgan fingerprint density at radius 3 is 2.61 bits per heavy atom. The van der Waals surface area contributed by atoms with E-state index in [1.165, 1.54) is 4.90 Å². The fraction of sp³-hybridized carbons (Fsp3) is 0.368. The highest BCUT2D eigenvalue weighted by atomic mass is 16.7. The third kappa shape index (κ3) is 5.69. The molecule has 0 aliphatic carbocycles. The Labute approximate surface area is 176 Å². The maximum atomic E-state index is 12.4. The van der Waals surface area contributed by atoms with Crippen LogP contribution in [0.2, 0.25) is 0 Å². The third-order valence-corrected chi connectivity index (χ3v) is 4.27. The van der Waals surface area contributed by atoms with Gasteiger partial charge in [0.15, 0.2) is 5.75 Å². The zero-order valence-electron chi connectivity index (χ0n) is 16.7. The van der Waals surface area contributed by atoms with Gasteiger partial charge >= 0.3 is 17.8 Å². The molecule has 1 saturated heterocycles. The van der Waals surface area contributed by atoms with Gasteiger partial charge in [-0.2, -0.15) is 5.26 Å². The molecule has 0 aromatic heterocycles. The monoisotopic (exact) mass is 433 g/mol. The molecule has 12 heteroatoms. The van der Waals surface area contributed by atoms with Gasteiger partial charge in [0.2, 0.25) is 5.75 Å². The molecular weight excluding hydrogens is 414 g/mol. The molecule has 1 heterocycles. The van der Waals surface area contributed by atoms with Crippen LogP contribution in [0.5, 0.6) is 11.5 Å². The van der Waals surface area contributed by atoms with Gasteiger partial charge in [0.05, 0.1) is 11.3 Å². The number of nitro groups is 1. The zero-order valence-corrected chi connectivity index (χ0v) is 16.7. The molecule has 0 saturated carbocycles. The van der Waals surface area contributed by atoms with Crippen molar-refractivity contribution in [2.75, 3.05) is 19.7 Å². The summed E-state index contributed by atoms with van der Waals surface area (Å²) < 4.78 is 14.4. The predicted octanol–water partition coefficient (Wildman–Crippen LogP) is 1.91. The second kappa shape index (κ2) is 10.1. The van der Waals surface area contributed by atoms with E-state index in [1.54, 1.807) is 19.9 Å². The molecule has 1 aromatic carbocycles. The molecule has 1 amide bonds. The molecule has 1 fully saturated rings. The lowest BCUT2D eigenvalue weighted by Crippen LogP contribution is -2.31. The Morgan fingerprint density at radius 1 is 1.42 bits per heavy atom. The van der Waals surface area contributed by atoms with Gasteiger partial charge in [-0.1, -0.05) is 0 Å². The molecule has 31 heavy (non-hydrogen) atoms. The Bertz CT molecular complexity index is 977. The van der Waals surface area contributed by atoms with Crippen LogP contribution < -0.4 is 4.74 Å². The number of ether oxygens (including phenoxy) is 3. The van der Waals surface area contributed by atoms with Crippen molar-refractivity contribution in [3.63, 3.8) is 0 Å². The number of carbonyl (C=O) groups excluding carboxylic acids is 3. The molecule has 0 radical (unpaired) electrons. The van der Waals surface area contributed by atoms with Crippen LogP contribution >= 0.6 is 0 Å². The van der Waals surface area contributed by atoms with Crippen LogP contribution in [0.1, 0.15) is 25.8 Å². The van der Waals surface area contributed by atoms with Crippen molar-refractivity contribution in [2.45, 2.75) is 26.4 Å². The summed E-state index contributed by atoms with van der Waals surface area (Å²) in [5.41, 5.74) is -1.16. The Balaban J connectivity index is 2.36. The van der Waals surface area contributed by atoms with Crippen LogP contribution in [-0.2, 0) is 19.1 Å². The molecule has 0 spiro atoms. The van der Waals surface area contributed by atoms with Crippen LogP contribution in [0.4, 0.5) is 10.5 Å². The number of hydrogen-bond acceptors (Lipinski definition) is 10. The minimum atomic E-state index is -1.33. The SMILES string of the molecule is CCN(CC)C(=O)/C(C#N)=C/c1cc(OC(=O)OC2COC(=O)C2)c(O)c([N+](=O)[O-])c1. The number of phenols is 1. The zero-order chi connectivity index (χ0) is 23.1. The van der Waals surface area contributed by atoms with Gasteiger partial charge in [-0.25, -0.2) is 4.79 Å². The van der Waals surface area contributed by atoms with E-state index >= 15 is 0 Å². The summed E-state index contributed by atoms with van der Waals surface area (Å²) in [7, 11) is 0. The van der Waals surface area contributed by atoms with Crippen LogP contribution in [-0.4, -0.2) is 58.8 Å². The Kier molecular flexibility index (Phi) is 7.51. The lowest BCUT2D eigenvalue weighted by molar-refractivity contribution is -0.385. The van der Waals surface area contributed by atoms with Crippen molar-refractivity contribution in [3.8, 4) is 17.6 Å². The first-order valence-electron chi connectivity index (χ1n) is 9.16. The van der Waals surface area contributed by atoms with Crippen molar-refractivity contribution in [1.29, 1.82) is 5.26 Å². The lowest BCUT2D eigenvalue weighted by atomic mass is 10.1. The maximum Gasteiger partial charge on any atom is 0.514 e. The van der Waals surface area contributed by atoms with Gasteiger partial charge in [-0.3, -0.25) is 19.7 Å². The summed E-state index contributed by atoms with van der Waals surface area (Å²) in [5, 5.41) is 30.7. The maximum absolute atomic E-state index is 12.4. The molecule has 1 N–H and O–H groups in total. The topological polar surface area (TPSA) is 169 Å². The quantitative estimate of drug-likeness (QED) is 0.167. The van der Waals surface area contributed by atoms with Gasteiger partial charge in [-0.05, 0) is 31.6 Å². The summed E-state index contributed by atoms with van der Waals surface area (Å²) in [6, 6.07) is 3.69. The molecule has 164 valence electrons. The first-order valence-corrected chi connectivity index (χ1v) is 9.16. The van der Waals surface area contributed by atoms with Gasteiger partial charge in [0.1, 0.15) is 24.4 Å². The smallest absolute Gasteiger partial charge is 0.499 e. The number of cyclic esters (lactones) is 1. The highest BCUT2D eigenvalue weighted by Crippen LogP contribution is 2.38. The second-order valence-corrected chi connectivity index (χ2v) is 6.27. The van der Waals surface area contributed by atoms with Crippen molar-refractivity contribution in [2.24, 2.45) is 0 Å². The number of phenolic OH excluding ortho intramolecular Hbond substituents is 1. The fourth-order valence-corrected chi connectivity index (χ4v) is 2.72. The van der Waals surface area contributed by atoms with E-state index in [1.807, 2.05) is 0 Å². The van der Waals surface area contributed by atoms with E-state index in [0.29, 0.717) is 13.1 Å². The molecule has 1 aliphatic rings. The van der Waals surface area contributed by atoms with Crippen LogP contribution in [0.15, 0.2) is 17.7 Å². The number of benzene rings is 1. The van der Waals surface area contributed by atoms with Gasteiger partial charge in [0, 0.05) is 19.2 Å². The minimum Gasteiger partial charge on any atom is -0.499 e. The molecule has 1 atom stereocenters. The second-order valence-electron chi connectivity index (χ2n) is 6.27. The van der Waals surface area contributed by atoms with Crippen LogP contribution in [0, 0.1) is 21.4 Å². The average Bonchev–Trinajstić information content (AvgIpc) is 3.13. The van der Waals surface area contributed by atoms with Gasteiger partial charge < -0.3 is 24.2 Å². The predicted molar refractivity (Wildman–Crippen MR) is 103 cm³/mol. The van der Waals surface area contributed by atoms with E-state index in [-0.39, 0.29) is 24.2 Å². The number of amides is 1. The number of aromatic hydroxyl groups is 1. The molecule has 2 rings (SSSR count). The van der Waals surface area contributed by atoms with Gasteiger partial charge in [0.25, 0.3) is 5.91 Å². The van der Waals surface area contributed by atoms with E-state index < -0.39 is 46.2 Å². The highest BCUT2D eigenvalue weighted by molar-refractivity contribution is 6.01. The van der Waals surface area contributed by atoms with E-state index in [9.17, 15) is 34.9 Å². The van der Waals surface area contributed by atoms with E-state index in [0.717, 1.165) is 18.2 Å². The third-order valence-electron chi connectivity index (χ3n) is 4.27. The summed E-state index contributed by atoms with van der Waals surface area (Å²) in [4.78, 5) is 47.2. The Hall–Kier alpha value is -4.14. The first-order chi connectivity index (χ1) is 14.7. The van der Waals surface area contributed by atoms with Gasteiger partial charge in [-0.15, -0.1) is 0 Å². The molecule has 12 nitrogen and oxygen atoms in total. The highest BCUT2D eigenvalue weighted by Gasteiger charge is 2.29. The largest absolute Gasteiger partial charge is 0.514 e. The van der Waals surface area contributed by atoms with Crippen LogP contribution in [0.3, 0.4) is 0 Å². The normalized spacial score (nSPS) is 15.6. The average molecular weight is 433 g/mol. The van der Waals surface area contributed by atoms with Crippen molar-refractivity contribution in [3.05, 3.63) is 33.4 Å². The molecule has 0 bridgehead atoms. The van der Waals surface area contributed by atoms with E-state index in [4.69, 9.17) is 9.47 Å². The van der Waals surface area contributed by atoms with Crippen molar-refractivity contribution >= 4 is 29.8 Å². The van der Waals surface area contributed by atoms with Crippen molar-refractivity contribution in [1.82, 2.24) is 4.90 Å². The number of likely N-dealkylation sites (N-methyl/N-ethyl adjacent to an activating group) is 1. The molecule has 1 aromatic rings. The van der Waals surface area contributed by atoms with Crippen LogP contribution in [0.25, 0.3) is 6.08 Å². The molecule has 1 aliphatic heterocycles. The lowest BCUT2D eigenvalue weighted by Gasteiger charge is -2.17. The number of carbonyl (C=O) groups is 3. The minimum absolute atomic E-state index is 0.0382. The number of nitriles is 1. The summed E-state index contributed by atoms with van der Waals surface area (Å²) in [6.45, 7) is 3.97. The number of hydrogen-bond donors (Lipinski definition) is 1. The molecule has 1 unspecified atom stereocenters. The molecular formula is C19H19N3O9. The number of rotatable bonds is 7. The Morgan fingerprint density at radius 2 is 2.10 bits per heavy atom. The first kappa shape index (κ1) is 23.1. The fourth-order valence-electron chi connectivity index (χ4n) is 2.72. The number of nitro benzene ring substituents is 1. The standard InChI is InChI=1S/C19H19N3O9/c1-3-21(4-2)18(25)12(9-20)5-11-6-14(22(27)28)17(24)15(7-11)31-19(26)30-13-8-16(23)29-10-13/h5-7,13,24H,3-4,8,10H2,1-2H3/b12-5+. The summed E-state index contributed by atoms with van der Waals surface area (Å²) in [6.07, 6.45) is -1.32. The number of esters is 1. The van der Waals surface area contributed by atoms with Crippen molar-refractivity contribution < 1.29 is 38.6 Å². The van der Waals surface area contributed by atoms with E-state index in [2.05, 4.69) is 4.74 Å². The summed E-state index contributed by atoms with van der Waals surface area (Å²) >= 11 is 0.